The van der Waals surface area contributed by atoms with Crippen molar-refractivity contribution in [2.24, 2.45) is 0 Å². The predicted octanol–water partition coefficient (Wildman–Crippen LogP) is 4.72. The Kier molecular flexibility index (Phi) is 2.71. The maximum absolute atomic E-state index is 4.87. The van der Waals surface area contributed by atoms with Gasteiger partial charge < -0.3 is 4.57 Å². The van der Waals surface area contributed by atoms with Gasteiger partial charge in [0, 0.05) is 16.6 Å². The van der Waals surface area contributed by atoms with Crippen LogP contribution in [0.3, 0.4) is 0 Å². The van der Waals surface area contributed by atoms with Gasteiger partial charge in [-0.05, 0) is 37.5 Å². The van der Waals surface area contributed by atoms with E-state index in [4.69, 9.17) is 4.98 Å². The Balaban J connectivity index is 2.02. The Bertz CT molecular complexity index is 800. The van der Waals surface area contributed by atoms with Crippen LogP contribution in [0.2, 0.25) is 0 Å². The SMILES string of the molecule is Cc1ccc(-c2nc3ccc(Br)c4c3n2CCC4)cc1. The highest BCUT2D eigenvalue weighted by molar-refractivity contribution is 9.10. The lowest BCUT2D eigenvalue weighted by atomic mass is 10.0. The molecule has 3 heteroatoms. The van der Waals surface area contributed by atoms with Gasteiger partial charge >= 0.3 is 0 Å². The van der Waals surface area contributed by atoms with Crippen molar-refractivity contribution in [2.75, 3.05) is 0 Å². The third-order valence-corrected chi connectivity index (χ3v) is 4.82. The van der Waals surface area contributed by atoms with Gasteiger partial charge in [0.1, 0.15) is 5.82 Å². The first-order valence-corrected chi connectivity index (χ1v) is 7.78. The first-order valence-electron chi connectivity index (χ1n) is 6.99. The number of aryl methyl sites for hydroxylation is 3. The molecule has 3 aromatic rings. The van der Waals surface area contributed by atoms with E-state index >= 15 is 0 Å². The predicted molar refractivity (Wildman–Crippen MR) is 85.9 cm³/mol. The van der Waals surface area contributed by atoms with Crippen molar-refractivity contribution in [3.05, 3.63) is 52.0 Å². The van der Waals surface area contributed by atoms with Gasteiger partial charge in [-0.1, -0.05) is 45.8 Å². The van der Waals surface area contributed by atoms with Crippen LogP contribution in [-0.4, -0.2) is 9.55 Å². The number of benzene rings is 2. The van der Waals surface area contributed by atoms with Gasteiger partial charge in [0.05, 0.1) is 11.0 Å². The molecule has 0 fully saturated rings. The van der Waals surface area contributed by atoms with Crippen LogP contribution < -0.4 is 0 Å². The largest absolute Gasteiger partial charge is 0.324 e. The van der Waals surface area contributed by atoms with Crippen LogP contribution in [0.4, 0.5) is 0 Å². The fraction of sp³-hybridized carbons (Fsp3) is 0.235. The van der Waals surface area contributed by atoms with Gasteiger partial charge in [-0.2, -0.15) is 0 Å². The molecule has 0 amide bonds. The summed E-state index contributed by atoms with van der Waals surface area (Å²) in [4.78, 5) is 4.87. The average molecular weight is 327 g/mol. The number of aromatic nitrogens is 2. The van der Waals surface area contributed by atoms with Crippen molar-refractivity contribution in [3.8, 4) is 11.4 Å². The maximum Gasteiger partial charge on any atom is 0.141 e. The second-order valence-electron chi connectivity index (χ2n) is 5.45. The third kappa shape index (κ3) is 1.73. The molecule has 4 rings (SSSR count). The van der Waals surface area contributed by atoms with Crippen LogP contribution in [0.25, 0.3) is 22.4 Å². The highest BCUT2D eigenvalue weighted by Gasteiger charge is 2.20. The Morgan fingerprint density at radius 2 is 1.90 bits per heavy atom. The van der Waals surface area contributed by atoms with E-state index in [1.807, 2.05) is 0 Å². The fourth-order valence-corrected chi connectivity index (χ4v) is 3.58. The molecule has 0 unspecified atom stereocenters. The van der Waals surface area contributed by atoms with Crippen molar-refractivity contribution in [2.45, 2.75) is 26.3 Å². The quantitative estimate of drug-likeness (QED) is 0.632. The van der Waals surface area contributed by atoms with Crippen LogP contribution in [-0.2, 0) is 13.0 Å². The second-order valence-corrected chi connectivity index (χ2v) is 6.30. The molecule has 2 heterocycles. The highest BCUT2D eigenvalue weighted by Crippen LogP contribution is 2.34. The molecule has 0 aliphatic carbocycles. The summed E-state index contributed by atoms with van der Waals surface area (Å²) in [6.07, 6.45) is 2.32. The van der Waals surface area contributed by atoms with Crippen LogP contribution in [0.15, 0.2) is 40.9 Å². The van der Waals surface area contributed by atoms with E-state index in [0.29, 0.717) is 0 Å². The zero-order valence-corrected chi connectivity index (χ0v) is 12.9. The number of hydrogen-bond acceptors (Lipinski definition) is 1. The molecule has 1 aliphatic heterocycles. The van der Waals surface area contributed by atoms with E-state index in [1.165, 1.54) is 33.1 Å². The maximum atomic E-state index is 4.87. The molecule has 2 nitrogen and oxygen atoms in total. The number of rotatable bonds is 1. The van der Waals surface area contributed by atoms with E-state index in [0.717, 1.165) is 24.3 Å². The lowest BCUT2D eigenvalue weighted by Crippen LogP contribution is -2.09. The lowest BCUT2D eigenvalue weighted by molar-refractivity contribution is 0.636. The number of imidazole rings is 1. The van der Waals surface area contributed by atoms with E-state index in [-0.39, 0.29) is 0 Å². The van der Waals surface area contributed by atoms with E-state index in [2.05, 4.69) is 63.8 Å². The minimum atomic E-state index is 1.06. The fourth-order valence-electron chi connectivity index (χ4n) is 3.06. The van der Waals surface area contributed by atoms with Crippen molar-refractivity contribution >= 4 is 27.0 Å². The van der Waals surface area contributed by atoms with Crippen LogP contribution >= 0.6 is 15.9 Å². The molecule has 2 aromatic carbocycles. The first-order chi connectivity index (χ1) is 9.74. The number of halogens is 1. The Labute approximate surface area is 126 Å². The van der Waals surface area contributed by atoms with Crippen molar-refractivity contribution in [3.63, 3.8) is 0 Å². The lowest BCUT2D eigenvalue weighted by Gasteiger charge is -2.17. The van der Waals surface area contributed by atoms with Crippen LogP contribution in [0.1, 0.15) is 17.5 Å². The molecule has 100 valence electrons. The normalized spacial score (nSPS) is 13.9. The summed E-state index contributed by atoms with van der Waals surface area (Å²) in [5, 5.41) is 0. The molecular weight excluding hydrogens is 312 g/mol. The van der Waals surface area contributed by atoms with Gasteiger partial charge in [-0.15, -0.1) is 0 Å². The van der Waals surface area contributed by atoms with Crippen molar-refractivity contribution in [1.82, 2.24) is 9.55 Å². The number of nitrogens with zero attached hydrogens (tertiary/aromatic N) is 2. The van der Waals surface area contributed by atoms with Gasteiger partial charge in [0.25, 0.3) is 0 Å². The van der Waals surface area contributed by atoms with Crippen LogP contribution in [0.5, 0.6) is 0 Å². The molecule has 0 radical (unpaired) electrons. The first kappa shape index (κ1) is 12.2. The molecule has 0 N–H and O–H groups in total. The summed E-state index contributed by atoms with van der Waals surface area (Å²) in [5.74, 6) is 1.10. The molecule has 1 aromatic heterocycles. The molecule has 20 heavy (non-hydrogen) atoms. The molecule has 0 spiro atoms. The third-order valence-electron chi connectivity index (χ3n) is 4.07. The van der Waals surface area contributed by atoms with Gasteiger partial charge in [0.15, 0.2) is 0 Å². The number of hydrogen-bond donors (Lipinski definition) is 0. The molecule has 0 saturated heterocycles. The Hall–Kier alpha value is -1.61. The van der Waals surface area contributed by atoms with Gasteiger partial charge in [-0.3, -0.25) is 0 Å². The Morgan fingerprint density at radius 1 is 1.10 bits per heavy atom. The summed E-state index contributed by atoms with van der Waals surface area (Å²) >= 11 is 3.68. The molecule has 0 atom stereocenters. The zero-order valence-electron chi connectivity index (χ0n) is 11.4. The highest BCUT2D eigenvalue weighted by atomic mass is 79.9. The standard InChI is InChI=1S/C17H15BrN2/c1-11-4-6-12(7-5-11)17-19-15-9-8-14(18)13-3-2-10-20(17)16(13)15/h4-9H,2-3,10H2,1H3. The van der Waals surface area contributed by atoms with Crippen molar-refractivity contribution in [1.29, 1.82) is 0 Å². The Morgan fingerprint density at radius 3 is 2.70 bits per heavy atom. The average Bonchev–Trinajstić information content (AvgIpc) is 2.84. The molecule has 0 saturated carbocycles. The minimum absolute atomic E-state index is 1.06. The summed E-state index contributed by atoms with van der Waals surface area (Å²) in [5.41, 5.74) is 6.31. The topological polar surface area (TPSA) is 17.8 Å². The summed E-state index contributed by atoms with van der Waals surface area (Å²) in [6, 6.07) is 12.9. The summed E-state index contributed by atoms with van der Waals surface area (Å²) in [6.45, 7) is 3.17. The molecule has 1 aliphatic rings. The van der Waals surface area contributed by atoms with Crippen molar-refractivity contribution < 1.29 is 0 Å². The zero-order chi connectivity index (χ0) is 13.7. The minimum Gasteiger partial charge on any atom is -0.324 e. The molecular formula is C17H15BrN2. The second kappa shape index (κ2) is 4.45. The van der Waals surface area contributed by atoms with Gasteiger partial charge in [-0.25, -0.2) is 4.98 Å². The van der Waals surface area contributed by atoms with E-state index < -0.39 is 0 Å². The molecule has 0 bridgehead atoms. The monoisotopic (exact) mass is 326 g/mol. The van der Waals surface area contributed by atoms with E-state index in [9.17, 15) is 0 Å². The van der Waals surface area contributed by atoms with E-state index in [1.54, 1.807) is 0 Å². The van der Waals surface area contributed by atoms with Crippen LogP contribution in [0, 0.1) is 6.92 Å². The van der Waals surface area contributed by atoms with Gasteiger partial charge in [0.2, 0.25) is 0 Å². The smallest absolute Gasteiger partial charge is 0.141 e. The summed E-state index contributed by atoms with van der Waals surface area (Å²) in [7, 11) is 0. The summed E-state index contributed by atoms with van der Waals surface area (Å²) < 4.78 is 3.59.